The van der Waals surface area contributed by atoms with Crippen LogP contribution in [0, 0.1) is 0 Å². The van der Waals surface area contributed by atoms with Crippen LogP contribution in [0.25, 0.3) is 0 Å². The minimum atomic E-state index is 0.189. The van der Waals surface area contributed by atoms with Crippen LogP contribution in [0.5, 0.6) is 0 Å². The number of hydrogen-bond donors (Lipinski definition) is 2. The lowest BCUT2D eigenvalue weighted by atomic mass is 9.95. The highest BCUT2D eigenvalue weighted by atomic mass is 16.5. The molecule has 2 rings (SSSR count). The van der Waals surface area contributed by atoms with E-state index in [0.29, 0.717) is 6.10 Å². The Morgan fingerprint density at radius 2 is 2.19 bits per heavy atom. The number of piperazine rings is 1. The van der Waals surface area contributed by atoms with Crippen LogP contribution in [0.3, 0.4) is 0 Å². The zero-order valence-electron chi connectivity index (χ0n) is 10.6. The lowest BCUT2D eigenvalue weighted by molar-refractivity contribution is 0.0872. The average Bonchev–Trinajstić information content (AvgIpc) is 2.61. The summed E-state index contributed by atoms with van der Waals surface area (Å²) in [5, 5.41) is 7.05. The molecule has 94 valence electrons. The van der Waals surface area contributed by atoms with Crippen LogP contribution in [0.2, 0.25) is 0 Å². The highest BCUT2D eigenvalue weighted by Crippen LogP contribution is 2.24. The van der Waals surface area contributed by atoms with Crippen LogP contribution in [0.1, 0.15) is 20.3 Å². The van der Waals surface area contributed by atoms with E-state index in [-0.39, 0.29) is 5.54 Å². The van der Waals surface area contributed by atoms with E-state index in [1.807, 2.05) is 0 Å². The first-order chi connectivity index (χ1) is 7.71. The third-order valence-electron chi connectivity index (χ3n) is 4.05. The molecule has 16 heavy (non-hydrogen) atoms. The van der Waals surface area contributed by atoms with Gasteiger partial charge in [0.25, 0.3) is 0 Å². The zero-order chi connectivity index (χ0) is 11.4. The van der Waals surface area contributed by atoms with Crippen molar-refractivity contribution in [2.45, 2.75) is 31.9 Å². The zero-order valence-corrected chi connectivity index (χ0v) is 10.6. The Labute approximate surface area is 98.7 Å². The Morgan fingerprint density at radius 1 is 1.44 bits per heavy atom. The summed E-state index contributed by atoms with van der Waals surface area (Å²) in [5.41, 5.74) is 0.189. The molecule has 2 aliphatic heterocycles. The first-order valence-corrected chi connectivity index (χ1v) is 6.50. The predicted molar refractivity (Wildman–Crippen MR) is 65.7 cm³/mol. The SMILES string of the molecule is CC1OCCC1(C)NCCN1CCNCC1. The van der Waals surface area contributed by atoms with Crippen LogP contribution in [0.15, 0.2) is 0 Å². The molecular weight excluding hydrogens is 202 g/mol. The second kappa shape index (κ2) is 5.45. The van der Waals surface area contributed by atoms with Crippen LogP contribution in [-0.2, 0) is 4.74 Å². The molecule has 0 spiro atoms. The molecule has 2 fully saturated rings. The van der Waals surface area contributed by atoms with E-state index < -0.39 is 0 Å². The standard InChI is InChI=1S/C12H25N3O/c1-11-12(2,3-10-16-11)14-6-9-15-7-4-13-5-8-15/h11,13-14H,3-10H2,1-2H3. The number of ether oxygens (including phenoxy) is 1. The molecule has 2 heterocycles. The minimum absolute atomic E-state index is 0.189. The molecule has 4 nitrogen and oxygen atoms in total. The molecule has 0 aromatic carbocycles. The second-order valence-corrected chi connectivity index (χ2v) is 5.20. The Balaban J connectivity index is 1.66. The van der Waals surface area contributed by atoms with Gasteiger partial charge in [0.05, 0.1) is 6.10 Å². The smallest absolute Gasteiger partial charge is 0.0726 e. The largest absolute Gasteiger partial charge is 0.377 e. The Kier molecular flexibility index (Phi) is 4.19. The van der Waals surface area contributed by atoms with Gasteiger partial charge < -0.3 is 15.4 Å². The van der Waals surface area contributed by atoms with Crippen LogP contribution < -0.4 is 10.6 Å². The third kappa shape index (κ3) is 2.94. The Hall–Kier alpha value is -0.160. The third-order valence-corrected chi connectivity index (χ3v) is 4.05. The van der Waals surface area contributed by atoms with Gasteiger partial charge in [-0.15, -0.1) is 0 Å². The fourth-order valence-corrected chi connectivity index (χ4v) is 2.50. The molecule has 2 saturated heterocycles. The summed E-state index contributed by atoms with van der Waals surface area (Å²) in [6.45, 7) is 12.2. The molecule has 0 bridgehead atoms. The summed E-state index contributed by atoms with van der Waals surface area (Å²) >= 11 is 0. The van der Waals surface area contributed by atoms with E-state index in [2.05, 4.69) is 29.4 Å². The topological polar surface area (TPSA) is 36.5 Å². The maximum atomic E-state index is 5.62. The number of hydrogen-bond acceptors (Lipinski definition) is 4. The van der Waals surface area contributed by atoms with Gasteiger partial charge in [-0.25, -0.2) is 0 Å². The van der Waals surface area contributed by atoms with Gasteiger partial charge in [-0.1, -0.05) is 0 Å². The van der Waals surface area contributed by atoms with Gasteiger partial charge in [-0.3, -0.25) is 4.90 Å². The van der Waals surface area contributed by atoms with Crippen molar-refractivity contribution in [3.63, 3.8) is 0 Å². The van der Waals surface area contributed by atoms with Crippen LogP contribution in [-0.4, -0.2) is 62.4 Å². The van der Waals surface area contributed by atoms with Gasteiger partial charge in [0.2, 0.25) is 0 Å². The van der Waals surface area contributed by atoms with Crippen molar-refractivity contribution in [3.05, 3.63) is 0 Å². The lowest BCUT2D eigenvalue weighted by Crippen LogP contribution is -2.52. The maximum Gasteiger partial charge on any atom is 0.0726 e. The summed E-state index contributed by atoms with van der Waals surface area (Å²) in [5.74, 6) is 0. The predicted octanol–water partition coefficient (Wildman–Crippen LogP) is 0.0487. The summed E-state index contributed by atoms with van der Waals surface area (Å²) < 4.78 is 5.62. The number of rotatable bonds is 4. The normalized spacial score (nSPS) is 36.8. The van der Waals surface area contributed by atoms with Crippen molar-refractivity contribution < 1.29 is 4.74 Å². The first-order valence-electron chi connectivity index (χ1n) is 6.50. The van der Waals surface area contributed by atoms with Crippen LogP contribution >= 0.6 is 0 Å². The van der Waals surface area contributed by atoms with E-state index >= 15 is 0 Å². The molecule has 0 aliphatic carbocycles. The molecule has 0 amide bonds. The van der Waals surface area contributed by atoms with Crippen molar-refractivity contribution in [1.82, 2.24) is 15.5 Å². The Morgan fingerprint density at radius 3 is 2.81 bits per heavy atom. The van der Waals surface area contributed by atoms with Gasteiger partial charge in [-0.2, -0.15) is 0 Å². The van der Waals surface area contributed by atoms with Crippen LogP contribution in [0.4, 0.5) is 0 Å². The van der Waals surface area contributed by atoms with Crippen molar-refractivity contribution >= 4 is 0 Å². The van der Waals surface area contributed by atoms with Crippen molar-refractivity contribution in [3.8, 4) is 0 Å². The van der Waals surface area contributed by atoms with Crippen molar-refractivity contribution in [1.29, 1.82) is 0 Å². The number of nitrogens with zero attached hydrogens (tertiary/aromatic N) is 1. The lowest BCUT2D eigenvalue weighted by Gasteiger charge is -2.32. The molecular formula is C12H25N3O. The van der Waals surface area contributed by atoms with Gasteiger partial charge in [-0.05, 0) is 20.3 Å². The molecule has 0 aromatic heterocycles. The first kappa shape index (κ1) is 12.3. The Bertz CT molecular complexity index is 218. The van der Waals surface area contributed by atoms with E-state index in [4.69, 9.17) is 4.74 Å². The van der Waals surface area contributed by atoms with E-state index in [1.54, 1.807) is 0 Å². The molecule has 2 atom stereocenters. The van der Waals surface area contributed by atoms with Gasteiger partial charge in [0, 0.05) is 51.4 Å². The highest BCUT2D eigenvalue weighted by molar-refractivity contribution is 4.93. The molecule has 2 aliphatic rings. The molecule has 0 aromatic rings. The van der Waals surface area contributed by atoms with Gasteiger partial charge >= 0.3 is 0 Å². The minimum Gasteiger partial charge on any atom is -0.377 e. The number of nitrogens with one attached hydrogen (secondary N) is 2. The van der Waals surface area contributed by atoms with E-state index in [1.165, 1.54) is 13.1 Å². The maximum absolute atomic E-state index is 5.62. The summed E-state index contributed by atoms with van der Waals surface area (Å²) in [6.07, 6.45) is 1.48. The van der Waals surface area contributed by atoms with Crippen molar-refractivity contribution in [2.75, 3.05) is 45.9 Å². The van der Waals surface area contributed by atoms with E-state index in [0.717, 1.165) is 39.2 Å². The highest BCUT2D eigenvalue weighted by Gasteiger charge is 2.36. The summed E-state index contributed by atoms with van der Waals surface area (Å²) in [4.78, 5) is 2.52. The monoisotopic (exact) mass is 227 g/mol. The fourth-order valence-electron chi connectivity index (χ4n) is 2.50. The van der Waals surface area contributed by atoms with E-state index in [9.17, 15) is 0 Å². The molecule has 0 saturated carbocycles. The van der Waals surface area contributed by atoms with Gasteiger partial charge in [0.1, 0.15) is 0 Å². The summed E-state index contributed by atoms with van der Waals surface area (Å²) in [6, 6.07) is 0. The van der Waals surface area contributed by atoms with Crippen molar-refractivity contribution in [2.24, 2.45) is 0 Å². The molecule has 4 heteroatoms. The fraction of sp³-hybridized carbons (Fsp3) is 1.00. The average molecular weight is 227 g/mol. The summed E-state index contributed by atoms with van der Waals surface area (Å²) in [7, 11) is 0. The molecule has 2 unspecified atom stereocenters. The molecule has 0 radical (unpaired) electrons. The molecule has 2 N–H and O–H groups in total. The second-order valence-electron chi connectivity index (χ2n) is 5.20. The van der Waals surface area contributed by atoms with Gasteiger partial charge in [0.15, 0.2) is 0 Å². The quantitative estimate of drug-likeness (QED) is 0.711.